The Morgan fingerprint density at radius 1 is 1.20 bits per heavy atom. The molecule has 2 aromatic rings. The number of nitrogens with two attached hydrogens (primary N) is 1. The Kier molecular flexibility index (Phi) is 4.15. The number of carbonyl (C=O) groups is 1. The maximum Gasteiger partial charge on any atom is 0.259 e. The molecule has 4 nitrogen and oxygen atoms in total. The standard InChI is InChI=1S/C15H15ClN2O2/c1-18(11-4-6-12(20-2)7-5-11)15(19)13-8-3-10(17)9-14(13)16/h3-9H,17H2,1-2H3. The van der Waals surface area contributed by atoms with Gasteiger partial charge in [0.2, 0.25) is 0 Å². The molecule has 2 aromatic carbocycles. The van der Waals surface area contributed by atoms with E-state index < -0.39 is 0 Å². The van der Waals surface area contributed by atoms with Gasteiger partial charge in [-0.15, -0.1) is 0 Å². The van der Waals surface area contributed by atoms with Gasteiger partial charge in [-0.3, -0.25) is 4.79 Å². The third-order valence-electron chi connectivity index (χ3n) is 2.99. The molecule has 0 atom stereocenters. The lowest BCUT2D eigenvalue weighted by atomic mass is 10.1. The normalized spacial score (nSPS) is 10.2. The molecule has 20 heavy (non-hydrogen) atoms. The zero-order valence-electron chi connectivity index (χ0n) is 11.3. The van der Waals surface area contributed by atoms with Crippen molar-refractivity contribution in [1.29, 1.82) is 0 Å². The Labute approximate surface area is 122 Å². The molecule has 0 bridgehead atoms. The van der Waals surface area contributed by atoms with Gasteiger partial charge in [-0.25, -0.2) is 0 Å². The van der Waals surface area contributed by atoms with Crippen LogP contribution in [-0.2, 0) is 0 Å². The van der Waals surface area contributed by atoms with Crippen LogP contribution in [0.3, 0.4) is 0 Å². The summed E-state index contributed by atoms with van der Waals surface area (Å²) >= 11 is 6.06. The SMILES string of the molecule is COc1ccc(N(C)C(=O)c2ccc(N)cc2Cl)cc1. The first-order valence-corrected chi connectivity index (χ1v) is 6.38. The van der Waals surface area contributed by atoms with Crippen molar-refractivity contribution < 1.29 is 9.53 Å². The fourth-order valence-electron chi connectivity index (χ4n) is 1.81. The summed E-state index contributed by atoms with van der Waals surface area (Å²) in [6, 6.07) is 12.1. The summed E-state index contributed by atoms with van der Waals surface area (Å²) < 4.78 is 5.09. The number of anilines is 2. The maximum atomic E-state index is 12.4. The van der Waals surface area contributed by atoms with Gasteiger partial charge in [-0.05, 0) is 42.5 Å². The van der Waals surface area contributed by atoms with Crippen molar-refractivity contribution in [3.8, 4) is 5.75 Å². The van der Waals surface area contributed by atoms with Crippen LogP contribution in [0.1, 0.15) is 10.4 Å². The molecule has 0 unspecified atom stereocenters. The number of carbonyl (C=O) groups excluding carboxylic acids is 1. The van der Waals surface area contributed by atoms with Gasteiger partial charge in [0.05, 0.1) is 17.7 Å². The number of hydrogen-bond acceptors (Lipinski definition) is 3. The first-order valence-electron chi connectivity index (χ1n) is 6.00. The van der Waals surface area contributed by atoms with E-state index in [1.165, 1.54) is 4.90 Å². The van der Waals surface area contributed by atoms with E-state index >= 15 is 0 Å². The predicted octanol–water partition coefficient (Wildman–Crippen LogP) is 3.21. The summed E-state index contributed by atoms with van der Waals surface area (Å²) in [6.45, 7) is 0. The fraction of sp³-hybridized carbons (Fsp3) is 0.133. The lowest BCUT2D eigenvalue weighted by Crippen LogP contribution is -2.26. The van der Waals surface area contributed by atoms with Crippen molar-refractivity contribution in [2.24, 2.45) is 0 Å². The smallest absolute Gasteiger partial charge is 0.259 e. The second kappa shape index (κ2) is 5.84. The molecule has 0 saturated carbocycles. The van der Waals surface area contributed by atoms with Gasteiger partial charge in [0.15, 0.2) is 0 Å². The topological polar surface area (TPSA) is 55.6 Å². The van der Waals surface area contributed by atoms with Crippen LogP contribution < -0.4 is 15.4 Å². The van der Waals surface area contributed by atoms with Gasteiger partial charge in [0, 0.05) is 18.4 Å². The van der Waals surface area contributed by atoms with Crippen molar-refractivity contribution in [2.75, 3.05) is 24.8 Å². The summed E-state index contributed by atoms with van der Waals surface area (Å²) in [4.78, 5) is 13.9. The van der Waals surface area contributed by atoms with Crippen LogP contribution in [0.4, 0.5) is 11.4 Å². The molecule has 0 radical (unpaired) electrons. The van der Waals surface area contributed by atoms with Gasteiger partial charge in [-0.2, -0.15) is 0 Å². The number of amides is 1. The largest absolute Gasteiger partial charge is 0.497 e. The van der Waals surface area contributed by atoms with Crippen LogP contribution in [0.15, 0.2) is 42.5 Å². The number of rotatable bonds is 3. The van der Waals surface area contributed by atoms with E-state index in [1.807, 2.05) is 12.1 Å². The summed E-state index contributed by atoms with van der Waals surface area (Å²) in [5, 5.41) is 0.343. The molecule has 5 heteroatoms. The van der Waals surface area contributed by atoms with Crippen molar-refractivity contribution in [1.82, 2.24) is 0 Å². The van der Waals surface area contributed by atoms with Gasteiger partial charge >= 0.3 is 0 Å². The van der Waals surface area contributed by atoms with Gasteiger partial charge in [0.25, 0.3) is 5.91 Å². The Morgan fingerprint density at radius 2 is 1.85 bits per heavy atom. The van der Waals surface area contributed by atoms with Crippen LogP contribution in [0.5, 0.6) is 5.75 Å². The Balaban J connectivity index is 2.27. The molecule has 2 rings (SSSR count). The van der Waals surface area contributed by atoms with Crippen LogP contribution in [-0.4, -0.2) is 20.1 Å². The lowest BCUT2D eigenvalue weighted by molar-refractivity contribution is 0.0993. The van der Waals surface area contributed by atoms with E-state index in [-0.39, 0.29) is 5.91 Å². The third-order valence-corrected chi connectivity index (χ3v) is 3.30. The summed E-state index contributed by atoms with van der Waals surface area (Å²) in [5.74, 6) is 0.542. The Hall–Kier alpha value is -2.20. The van der Waals surface area contributed by atoms with E-state index in [2.05, 4.69) is 0 Å². The molecular formula is C15H15ClN2O2. The molecule has 104 valence electrons. The van der Waals surface area contributed by atoms with Crippen molar-refractivity contribution in [2.45, 2.75) is 0 Å². The van der Waals surface area contributed by atoms with E-state index in [4.69, 9.17) is 22.1 Å². The molecule has 0 heterocycles. The molecule has 0 spiro atoms. The quantitative estimate of drug-likeness (QED) is 0.883. The van der Waals surface area contributed by atoms with Gasteiger partial charge in [0.1, 0.15) is 5.75 Å². The molecule has 2 N–H and O–H groups in total. The predicted molar refractivity (Wildman–Crippen MR) is 81.6 cm³/mol. The van der Waals surface area contributed by atoms with Crippen LogP contribution >= 0.6 is 11.6 Å². The molecule has 0 aliphatic carbocycles. The average Bonchev–Trinajstić information content (AvgIpc) is 2.46. The van der Waals surface area contributed by atoms with Crippen LogP contribution in [0.25, 0.3) is 0 Å². The van der Waals surface area contributed by atoms with Gasteiger partial charge < -0.3 is 15.4 Å². The average molecular weight is 291 g/mol. The Bertz CT molecular complexity index is 626. The van der Waals surface area contributed by atoms with E-state index in [0.29, 0.717) is 16.3 Å². The zero-order valence-corrected chi connectivity index (χ0v) is 12.0. The maximum absolute atomic E-state index is 12.4. The molecule has 0 aliphatic heterocycles. The van der Waals surface area contributed by atoms with Crippen molar-refractivity contribution in [3.05, 3.63) is 53.1 Å². The molecule has 0 fully saturated rings. The minimum Gasteiger partial charge on any atom is -0.497 e. The van der Waals surface area contributed by atoms with Crippen LogP contribution in [0, 0.1) is 0 Å². The summed E-state index contributed by atoms with van der Waals surface area (Å²) in [5.41, 5.74) is 7.32. The highest BCUT2D eigenvalue weighted by atomic mass is 35.5. The number of ether oxygens (including phenoxy) is 1. The number of halogens is 1. The molecule has 1 amide bonds. The van der Waals surface area contributed by atoms with Crippen LogP contribution in [0.2, 0.25) is 5.02 Å². The molecule has 0 aromatic heterocycles. The number of benzene rings is 2. The lowest BCUT2D eigenvalue weighted by Gasteiger charge is -2.18. The summed E-state index contributed by atoms with van der Waals surface area (Å²) in [6.07, 6.45) is 0. The van der Waals surface area contributed by atoms with E-state index in [0.717, 1.165) is 11.4 Å². The highest BCUT2D eigenvalue weighted by Crippen LogP contribution is 2.24. The second-order valence-corrected chi connectivity index (χ2v) is 4.71. The highest BCUT2D eigenvalue weighted by Gasteiger charge is 2.16. The van der Waals surface area contributed by atoms with Crippen molar-refractivity contribution >= 4 is 28.9 Å². The van der Waals surface area contributed by atoms with Gasteiger partial charge in [-0.1, -0.05) is 11.6 Å². The molecule has 0 saturated heterocycles. The monoisotopic (exact) mass is 290 g/mol. The van der Waals surface area contributed by atoms with E-state index in [9.17, 15) is 4.79 Å². The minimum atomic E-state index is -0.194. The highest BCUT2D eigenvalue weighted by molar-refractivity contribution is 6.34. The Morgan fingerprint density at radius 3 is 2.40 bits per heavy atom. The minimum absolute atomic E-state index is 0.194. The fourth-order valence-corrected chi connectivity index (χ4v) is 2.08. The molecular weight excluding hydrogens is 276 g/mol. The number of nitrogen functional groups attached to an aromatic ring is 1. The zero-order chi connectivity index (χ0) is 14.7. The first-order chi connectivity index (χ1) is 9.52. The van der Waals surface area contributed by atoms with E-state index in [1.54, 1.807) is 44.5 Å². The summed E-state index contributed by atoms with van der Waals surface area (Å²) in [7, 11) is 3.29. The molecule has 0 aliphatic rings. The second-order valence-electron chi connectivity index (χ2n) is 4.30. The van der Waals surface area contributed by atoms with Crippen molar-refractivity contribution in [3.63, 3.8) is 0 Å². The number of hydrogen-bond donors (Lipinski definition) is 1. The number of nitrogens with zero attached hydrogens (tertiary/aromatic N) is 1. The number of methoxy groups -OCH3 is 1. The first kappa shape index (κ1) is 14.2. The third kappa shape index (κ3) is 2.86.